The lowest BCUT2D eigenvalue weighted by molar-refractivity contribution is 0.905. The maximum atomic E-state index is 4.39. The highest BCUT2D eigenvalue weighted by atomic mass is 32.1. The molecule has 0 radical (unpaired) electrons. The lowest BCUT2D eigenvalue weighted by Crippen LogP contribution is -2.06. The Morgan fingerprint density at radius 2 is 2.21 bits per heavy atom. The molecule has 0 saturated carbocycles. The van der Waals surface area contributed by atoms with Crippen molar-refractivity contribution in [3.63, 3.8) is 0 Å². The Bertz CT molecular complexity index is 488. The Labute approximate surface area is 86.7 Å². The van der Waals surface area contributed by atoms with Crippen molar-refractivity contribution in [2.24, 2.45) is 0 Å². The van der Waals surface area contributed by atoms with Crippen molar-refractivity contribution < 1.29 is 0 Å². The number of thiophene rings is 1. The Morgan fingerprint density at radius 3 is 3.14 bits per heavy atom. The molecule has 0 bridgehead atoms. The van der Waals surface area contributed by atoms with Crippen LogP contribution in [0.3, 0.4) is 0 Å². The monoisotopic (exact) mass is 202 g/mol. The van der Waals surface area contributed by atoms with Crippen LogP contribution in [0.4, 0.5) is 0 Å². The first-order valence-corrected chi connectivity index (χ1v) is 5.61. The quantitative estimate of drug-likeness (QED) is 0.656. The predicted octanol–water partition coefficient (Wildman–Crippen LogP) is 2.61. The van der Waals surface area contributed by atoms with Crippen LogP contribution in [0.2, 0.25) is 0 Å². The van der Waals surface area contributed by atoms with Gasteiger partial charge in [0.25, 0.3) is 0 Å². The van der Waals surface area contributed by atoms with E-state index in [1.54, 1.807) is 6.33 Å². The van der Waals surface area contributed by atoms with Crippen LogP contribution >= 0.6 is 11.3 Å². The third-order valence-electron chi connectivity index (χ3n) is 2.76. The molecule has 0 saturated heterocycles. The molecule has 0 aliphatic heterocycles. The van der Waals surface area contributed by atoms with Gasteiger partial charge in [-0.2, -0.15) is 0 Å². The van der Waals surface area contributed by atoms with Gasteiger partial charge in [-0.1, -0.05) is 0 Å². The molecule has 0 atom stereocenters. The van der Waals surface area contributed by atoms with E-state index in [-0.39, 0.29) is 0 Å². The maximum Gasteiger partial charge on any atom is 0.116 e. The van der Waals surface area contributed by atoms with E-state index >= 15 is 0 Å². The molecule has 2 aromatic heterocycles. The number of aromatic nitrogens is 2. The minimum absolute atomic E-state index is 1.09. The second-order valence-corrected chi connectivity index (χ2v) is 4.54. The zero-order valence-electron chi connectivity index (χ0n) is 7.95. The summed E-state index contributed by atoms with van der Waals surface area (Å²) < 4.78 is 0. The average Bonchev–Trinajstić information content (AvgIpc) is 2.66. The molecule has 0 spiro atoms. The molecule has 3 heteroatoms. The zero-order valence-corrected chi connectivity index (χ0v) is 8.77. The molecular weight excluding hydrogens is 192 g/mol. The summed E-state index contributed by atoms with van der Waals surface area (Å²) in [4.78, 5) is 10.1. The number of nitrogens with zero attached hydrogens (tertiary/aromatic N) is 2. The minimum atomic E-state index is 1.09. The van der Waals surface area contributed by atoms with E-state index in [2.05, 4.69) is 28.3 Å². The number of rotatable bonds is 0. The summed E-state index contributed by atoms with van der Waals surface area (Å²) in [5.41, 5.74) is 4.94. The van der Waals surface area contributed by atoms with E-state index < -0.39 is 0 Å². The third-order valence-corrected chi connectivity index (χ3v) is 3.74. The van der Waals surface area contributed by atoms with Crippen LogP contribution in [0.1, 0.15) is 16.1 Å². The van der Waals surface area contributed by atoms with Crippen LogP contribution in [-0.4, -0.2) is 9.97 Å². The first-order chi connectivity index (χ1) is 6.86. The van der Waals surface area contributed by atoms with Gasteiger partial charge in [-0.15, -0.1) is 11.3 Å². The fourth-order valence-electron chi connectivity index (χ4n) is 2.02. The van der Waals surface area contributed by atoms with Gasteiger partial charge < -0.3 is 0 Å². The van der Waals surface area contributed by atoms with E-state index in [0.717, 1.165) is 24.2 Å². The van der Waals surface area contributed by atoms with Crippen LogP contribution in [0, 0.1) is 6.92 Å². The maximum absolute atomic E-state index is 4.39. The zero-order chi connectivity index (χ0) is 9.54. The van der Waals surface area contributed by atoms with Gasteiger partial charge in [0, 0.05) is 21.7 Å². The lowest BCUT2D eigenvalue weighted by atomic mass is 9.94. The fraction of sp³-hybridized carbons (Fsp3) is 0.273. The number of aryl methyl sites for hydroxylation is 2. The molecule has 1 aliphatic carbocycles. The lowest BCUT2D eigenvalue weighted by Gasteiger charge is -2.16. The standard InChI is InChI=1S/C11H10N2S/c1-7-8-2-3-10-9(4-5-14-10)11(8)13-6-12-7/h4-6H,2-3H2,1H3. The van der Waals surface area contributed by atoms with Crippen molar-refractivity contribution >= 4 is 11.3 Å². The van der Waals surface area contributed by atoms with Crippen LogP contribution in [0.5, 0.6) is 0 Å². The van der Waals surface area contributed by atoms with Gasteiger partial charge in [-0.25, -0.2) is 9.97 Å². The molecule has 70 valence electrons. The second-order valence-electron chi connectivity index (χ2n) is 3.54. The normalized spacial score (nSPS) is 13.5. The van der Waals surface area contributed by atoms with E-state index in [1.807, 2.05) is 11.3 Å². The summed E-state index contributed by atoms with van der Waals surface area (Å²) >= 11 is 1.83. The molecule has 1 aliphatic rings. The molecule has 2 heterocycles. The topological polar surface area (TPSA) is 25.8 Å². The average molecular weight is 202 g/mol. The molecule has 14 heavy (non-hydrogen) atoms. The van der Waals surface area contributed by atoms with Crippen molar-refractivity contribution in [3.05, 3.63) is 33.9 Å². The van der Waals surface area contributed by atoms with Gasteiger partial charge in [0.1, 0.15) is 6.33 Å². The highest BCUT2D eigenvalue weighted by molar-refractivity contribution is 7.10. The fourth-order valence-corrected chi connectivity index (χ4v) is 2.90. The molecule has 0 aromatic carbocycles. The van der Waals surface area contributed by atoms with Crippen LogP contribution < -0.4 is 0 Å². The van der Waals surface area contributed by atoms with Crippen LogP contribution in [-0.2, 0) is 12.8 Å². The van der Waals surface area contributed by atoms with E-state index in [9.17, 15) is 0 Å². The Morgan fingerprint density at radius 1 is 1.29 bits per heavy atom. The summed E-state index contributed by atoms with van der Waals surface area (Å²) in [5.74, 6) is 0. The highest BCUT2D eigenvalue weighted by Crippen LogP contribution is 2.35. The summed E-state index contributed by atoms with van der Waals surface area (Å²) in [6.07, 6.45) is 3.91. The van der Waals surface area contributed by atoms with Gasteiger partial charge in [-0.05, 0) is 31.2 Å². The van der Waals surface area contributed by atoms with E-state index in [1.165, 1.54) is 16.0 Å². The van der Waals surface area contributed by atoms with E-state index in [0.29, 0.717) is 0 Å². The first kappa shape index (κ1) is 8.12. The van der Waals surface area contributed by atoms with Gasteiger partial charge in [0.05, 0.1) is 5.69 Å². The van der Waals surface area contributed by atoms with Crippen LogP contribution in [0.25, 0.3) is 11.3 Å². The van der Waals surface area contributed by atoms with Gasteiger partial charge in [-0.3, -0.25) is 0 Å². The molecule has 0 amide bonds. The molecule has 2 nitrogen and oxygen atoms in total. The number of fused-ring (bicyclic) bond motifs is 3. The van der Waals surface area contributed by atoms with Crippen molar-refractivity contribution in [1.29, 1.82) is 0 Å². The molecule has 0 fully saturated rings. The van der Waals surface area contributed by atoms with Crippen molar-refractivity contribution in [3.8, 4) is 11.3 Å². The Kier molecular flexibility index (Phi) is 1.67. The number of hydrogen-bond acceptors (Lipinski definition) is 3. The second kappa shape index (κ2) is 2.89. The molecule has 0 unspecified atom stereocenters. The summed E-state index contributed by atoms with van der Waals surface area (Å²) in [6, 6.07) is 2.17. The van der Waals surface area contributed by atoms with Crippen molar-refractivity contribution in [2.45, 2.75) is 19.8 Å². The number of hydrogen-bond donors (Lipinski definition) is 0. The first-order valence-electron chi connectivity index (χ1n) is 4.73. The predicted molar refractivity (Wildman–Crippen MR) is 57.5 cm³/mol. The third kappa shape index (κ3) is 1.02. The molecule has 0 N–H and O–H groups in total. The van der Waals surface area contributed by atoms with E-state index in [4.69, 9.17) is 0 Å². The van der Waals surface area contributed by atoms with Gasteiger partial charge in [0.2, 0.25) is 0 Å². The van der Waals surface area contributed by atoms with Crippen molar-refractivity contribution in [2.75, 3.05) is 0 Å². The van der Waals surface area contributed by atoms with Gasteiger partial charge in [0.15, 0.2) is 0 Å². The summed E-state index contributed by atoms with van der Waals surface area (Å²) in [7, 11) is 0. The van der Waals surface area contributed by atoms with Crippen LogP contribution in [0.15, 0.2) is 17.8 Å². The SMILES string of the molecule is Cc1ncnc2c1CCc1sccc1-2. The smallest absolute Gasteiger partial charge is 0.116 e. The Hall–Kier alpha value is -1.22. The largest absolute Gasteiger partial charge is 0.241 e. The summed E-state index contributed by atoms with van der Waals surface area (Å²) in [6.45, 7) is 2.07. The molecular formula is C11H10N2S. The highest BCUT2D eigenvalue weighted by Gasteiger charge is 2.19. The molecule has 2 aromatic rings. The van der Waals surface area contributed by atoms with Crippen molar-refractivity contribution in [1.82, 2.24) is 9.97 Å². The Balaban J connectivity index is 2.31. The minimum Gasteiger partial charge on any atom is -0.241 e. The molecule has 3 rings (SSSR count). The summed E-state index contributed by atoms with van der Waals surface area (Å²) in [5, 5.41) is 2.15. The van der Waals surface area contributed by atoms with Gasteiger partial charge >= 0.3 is 0 Å².